The standard InChI is InChI=1S/C15H14ClNO4S/c1-9(21-11-5-3-10(16)4-6-11)14(18)17-12-7-8-22-13(12)15(19)20-2/h3-9H,1-2H3,(H,17,18)/t9-/m1/s1. The van der Waals surface area contributed by atoms with Crippen LogP contribution in [0.2, 0.25) is 5.02 Å². The topological polar surface area (TPSA) is 64.6 Å². The van der Waals surface area contributed by atoms with Crippen LogP contribution in [-0.2, 0) is 9.53 Å². The van der Waals surface area contributed by atoms with Crippen LogP contribution in [-0.4, -0.2) is 25.1 Å². The van der Waals surface area contributed by atoms with Gasteiger partial charge in [0.2, 0.25) is 0 Å². The normalized spacial score (nSPS) is 11.6. The van der Waals surface area contributed by atoms with Crippen LogP contribution >= 0.6 is 22.9 Å². The van der Waals surface area contributed by atoms with Gasteiger partial charge in [0, 0.05) is 5.02 Å². The largest absolute Gasteiger partial charge is 0.481 e. The van der Waals surface area contributed by atoms with E-state index in [1.54, 1.807) is 42.6 Å². The molecule has 0 saturated heterocycles. The molecule has 7 heteroatoms. The number of esters is 1. The molecule has 0 spiro atoms. The Morgan fingerprint density at radius 3 is 2.55 bits per heavy atom. The lowest BCUT2D eigenvalue weighted by atomic mass is 10.3. The molecule has 1 amide bonds. The van der Waals surface area contributed by atoms with Crippen LogP contribution in [0.4, 0.5) is 5.69 Å². The second-order valence-corrected chi connectivity index (χ2v) is 5.71. The van der Waals surface area contributed by atoms with E-state index in [4.69, 9.17) is 16.3 Å². The first kappa shape index (κ1) is 16.3. The Morgan fingerprint density at radius 1 is 1.23 bits per heavy atom. The number of nitrogens with one attached hydrogen (secondary N) is 1. The van der Waals surface area contributed by atoms with Gasteiger partial charge in [0.05, 0.1) is 12.8 Å². The first-order chi connectivity index (χ1) is 10.5. The molecule has 1 N–H and O–H groups in total. The number of benzene rings is 1. The molecule has 22 heavy (non-hydrogen) atoms. The molecule has 1 atom stereocenters. The maximum atomic E-state index is 12.1. The summed E-state index contributed by atoms with van der Waals surface area (Å²) in [6.07, 6.45) is -0.730. The van der Waals surface area contributed by atoms with Crippen molar-refractivity contribution in [1.82, 2.24) is 0 Å². The molecule has 5 nitrogen and oxygen atoms in total. The minimum absolute atomic E-state index is 0.342. The van der Waals surface area contributed by atoms with Crippen molar-refractivity contribution in [3.63, 3.8) is 0 Å². The maximum absolute atomic E-state index is 12.1. The van der Waals surface area contributed by atoms with Crippen molar-refractivity contribution in [2.24, 2.45) is 0 Å². The lowest BCUT2D eigenvalue weighted by Gasteiger charge is -2.14. The smallest absolute Gasteiger partial charge is 0.350 e. The highest BCUT2D eigenvalue weighted by atomic mass is 35.5. The number of hydrogen-bond acceptors (Lipinski definition) is 5. The molecular formula is C15H14ClNO4S. The summed E-state index contributed by atoms with van der Waals surface area (Å²) >= 11 is 6.99. The average Bonchev–Trinajstić information content (AvgIpc) is 2.96. The molecule has 0 unspecified atom stereocenters. The SMILES string of the molecule is COC(=O)c1sccc1NC(=O)[C@@H](C)Oc1ccc(Cl)cc1. The minimum Gasteiger partial charge on any atom is -0.481 e. The molecule has 2 aromatic rings. The lowest BCUT2D eigenvalue weighted by molar-refractivity contribution is -0.122. The second-order valence-electron chi connectivity index (χ2n) is 4.36. The van der Waals surface area contributed by atoms with Crippen molar-refractivity contribution in [1.29, 1.82) is 0 Å². The molecule has 1 heterocycles. The monoisotopic (exact) mass is 339 g/mol. The van der Waals surface area contributed by atoms with E-state index in [0.29, 0.717) is 21.3 Å². The van der Waals surface area contributed by atoms with Crippen LogP contribution in [0.3, 0.4) is 0 Å². The van der Waals surface area contributed by atoms with Gasteiger partial charge in [-0.2, -0.15) is 0 Å². The van der Waals surface area contributed by atoms with Crippen LogP contribution in [0.15, 0.2) is 35.7 Å². The molecule has 0 bridgehead atoms. The summed E-state index contributed by atoms with van der Waals surface area (Å²) in [6.45, 7) is 1.62. The van der Waals surface area contributed by atoms with Crippen molar-refractivity contribution < 1.29 is 19.1 Å². The third kappa shape index (κ3) is 3.99. The molecule has 1 aromatic heterocycles. The van der Waals surface area contributed by atoms with E-state index in [1.807, 2.05) is 0 Å². The van der Waals surface area contributed by atoms with Gasteiger partial charge in [0.1, 0.15) is 10.6 Å². The van der Waals surface area contributed by atoms with Crippen LogP contribution in [0.25, 0.3) is 0 Å². The van der Waals surface area contributed by atoms with E-state index in [-0.39, 0.29) is 5.91 Å². The summed E-state index contributed by atoms with van der Waals surface area (Å²) in [5.74, 6) is -0.319. The summed E-state index contributed by atoms with van der Waals surface area (Å²) < 4.78 is 10.2. The third-order valence-corrected chi connectivity index (χ3v) is 3.94. The fraction of sp³-hybridized carbons (Fsp3) is 0.200. The van der Waals surface area contributed by atoms with Crippen LogP contribution in [0.5, 0.6) is 5.75 Å². The summed E-state index contributed by atoms with van der Waals surface area (Å²) in [5, 5.41) is 4.95. The second kappa shape index (κ2) is 7.29. The zero-order chi connectivity index (χ0) is 16.1. The van der Waals surface area contributed by atoms with Gasteiger partial charge in [-0.15, -0.1) is 11.3 Å². The highest BCUT2D eigenvalue weighted by Gasteiger charge is 2.19. The Morgan fingerprint density at radius 2 is 1.91 bits per heavy atom. The Kier molecular flexibility index (Phi) is 5.41. The van der Waals surface area contributed by atoms with E-state index < -0.39 is 12.1 Å². The Hall–Kier alpha value is -2.05. The minimum atomic E-state index is -0.730. The predicted molar refractivity (Wildman–Crippen MR) is 85.8 cm³/mol. The first-order valence-corrected chi connectivity index (χ1v) is 7.66. The number of ether oxygens (including phenoxy) is 2. The van der Waals surface area contributed by atoms with E-state index in [9.17, 15) is 9.59 Å². The first-order valence-electron chi connectivity index (χ1n) is 6.40. The number of hydrogen-bond donors (Lipinski definition) is 1. The molecule has 1 aromatic carbocycles. The number of methoxy groups -OCH3 is 1. The van der Waals surface area contributed by atoms with Crippen molar-refractivity contribution in [2.75, 3.05) is 12.4 Å². The highest BCUT2D eigenvalue weighted by Crippen LogP contribution is 2.24. The summed E-state index contributed by atoms with van der Waals surface area (Å²) in [7, 11) is 1.29. The Labute approximate surface area is 136 Å². The van der Waals surface area contributed by atoms with Crippen LogP contribution < -0.4 is 10.1 Å². The van der Waals surface area contributed by atoms with Crippen molar-refractivity contribution in [2.45, 2.75) is 13.0 Å². The summed E-state index contributed by atoms with van der Waals surface area (Å²) in [4.78, 5) is 24.0. The summed E-state index contributed by atoms with van der Waals surface area (Å²) in [6, 6.07) is 8.35. The average molecular weight is 340 g/mol. The fourth-order valence-electron chi connectivity index (χ4n) is 1.66. The van der Waals surface area contributed by atoms with Gasteiger partial charge >= 0.3 is 5.97 Å². The Bertz CT molecular complexity index is 668. The van der Waals surface area contributed by atoms with E-state index in [0.717, 1.165) is 0 Å². The number of thiophene rings is 1. The van der Waals surface area contributed by atoms with Crippen LogP contribution in [0, 0.1) is 0 Å². The Balaban J connectivity index is 2.01. The highest BCUT2D eigenvalue weighted by molar-refractivity contribution is 7.12. The number of amides is 1. The van der Waals surface area contributed by atoms with Gasteiger partial charge in [0.15, 0.2) is 6.10 Å². The quantitative estimate of drug-likeness (QED) is 0.845. The third-order valence-electron chi connectivity index (χ3n) is 2.79. The molecule has 0 aliphatic rings. The maximum Gasteiger partial charge on any atom is 0.350 e. The molecule has 2 rings (SSSR count). The summed E-state index contributed by atoms with van der Waals surface area (Å²) in [5.41, 5.74) is 0.411. The van der Waals surface area contributed by atoms with Crippen molar-refractivity contribution >= 4 is 40.5 Å². The molecule has 0 aliphatic heterocycles. The molecule has 0 saturated carbocycles. The molecule has 0 radical (unpaired) electrons. The van der Waals surface area contributed by atoms with Gasteiger partial charge in [-0.05, 0) is 42.6 Å². The molecule has 0 fully saturated rings. The zero-order valence-electron chi connectivity index (χ0n) is 12.0. The van der Waals surface area contributed by atoms with E-state index in [1.165, 1.54) is 18.4 Å². The van der Waals surface area contributed by atoms with Crippen LogP contribution in [0.1, 0.15) is 16.6 Å². The van der Waals surface area contributed by atoms with Crippen molar-refractivity contribution in [3.8, 4) is 5.75 Å². The van der Waals surface area contributed by atoms with Gasteiger partial charge in [-0.25, -0.2) is 4.79 Å². The predicted octanol–water partition coefficient (Wildman–Crippen LogP) is 3.59. The zero-order valence-corrected chi connectivity index (χ0v) is 13.5. The van der Waals surface area contributed by atoms with Crippen molar-refractivity contribution in [3.05, 3.63) is 45.6 Å². The number of anilines is 1. The van der Waals surface area contributed by atoms with Gasteiger partial charge < -0.3 is 14.8 Å². The number of halogens is 1. The number of rotatable bonds is 5. The van der Waals surface area contributed by atoms with Gasteiger partial charge in [0.25, 0.3) is 5.91 Å². The number of carbonyl (C=O) groups excluding carboxylic acids is 2. The molecular weight excluding hydrogens is 326 g/mol. The van der Waals surface area contributed by atoms with Gasteiger partial charge in [-0.3, -0.25) is 4.79 Å². The molecule has 0 aliphatic carbocycles. The molecule has 116 valence electrons. The fourth-order valence-corrected chi connectivity index (χ4v) is 2.56. The lowest BCUT2D eigenvalue weighted by Crippen LogP contribution is -2.30. The van der Waals surface area contributed by atoms with E-state index >= 15 is 0 Å². The number of carbonyl (C=O) groups is 2. The van der Waals surface area contributed by atoms with E-state index in [2.05, 4.69) is 10.1 Å². The van der Waals surface area contributed by atoms with Gasteiger partial charge in [-0.1, -0.05) is 11.6 Å².